The van der Waals surface area contributed by atoms with Gasteiger partial charge in [-0.25, -0.2) is 0 Å². The van der Waals surface area contributed by atoms with Crippen molar-refractivity contribution in [3.8, 4) is 0 Å². The molecule has 0 spiro atoms. The summed E-state index contributed by atoms with van der Waals surface area (Å²) in [5.41, 5.74) is -2.04. The standard InChI is InChI=1S/C25H27F6N3O/c26-24(27,28)19-2-1-3-21(14-19)33-23(35)18-12-20(25(29,30)31)15-22(13-18)34-10-6-17(7-11-34)16-4-8-32-9-5-16/h1-3,12-17,32H,4-11H2,(H,33,35). The summed E-state index contributed by atoms with van der Waals surface area (Å²) in [7, 11) is 0. The molecule has 0 saturated carbocycles. The van der Waals surface area contributed by atoms with Gasteiger partial charge in [0.15, 0.2) is 0 Å². The Balaban J connectivity index is 1.53. The van der Waals surface area contributed by atoms with E-state index >= 15 is 0 Å². The molecule has 2 saturated heterocycles. The van der Waals surface area contributed by atoms with Crippen molar-refractivity contribution in [1.29, 1.82) is 0 Å². The quantitative estimate of drug-likeness (QED) is 0.493. The lowest BCUT2D eigenvalue weighted by molar-refractivity contribution is -0.138. The van der Waals surface area contributed by atoms with E-state index in [9.17, 15) is 31.1 Å². The first-order valence-corrected chi connectivity index (χ1v) is 11.7. The molecular formula is C25H27F6N3O. The van der Waals surface area contributed by atoms with Crippen LogP contribution in [0, 0.1) is 11.8 Å². The highest BCUT2D eigenvalue weighted by Crippen LogP contribution is 2.37. The number of hydrogen-bond acceptors (Lipinski definition) is 3. The van der Waals surface area contributed by atoms with Crippen molar-refractivity contribution in [3.05, 3.63) is 59.2 Å². The van der Waals surface area contributed by atoms with E-state index in [1.807, 2.05) is 4.90 Å². The first-order chi connectivity index (χ1) is 16.5. The molecular weight excluding hydrogens is 472 g/mol. The van der Waals surface area contributed by atoms with Gasteiger partial charge in [0.1, 0.15) is 0 Å². The molecule has 2 N–H and O–H groups in total. The molecule has 2 aromatic rings. The van der Waals surface area contributed by atoms with Crippen molar-refractivity contribution in [1.82, 2.24) is 5.32 Å². The van der Waals surface area contributed by atoms with E-state index in [-0.39, 0.29) is 16.9 Å². The van der Waals surface area contributed by atoms with E-state index in [4.69, 9.17) is 0 Å². The van der Waals surface area contributed by atoms with Crippen LogP contribution in [0.1, 0.15) is 47.2 Å². The topological polar surface area (TPSA) is 44.4 Å². The third kappa shape index (κ3) is 6.28. The summed E-state index contributed by atoms with van der Waals surface area (Å²) in [5, 5.41) is 5.64. The maximum atomic E-state index is 13.6. The highest BCUT2D eigenvalue weighted by atomic mass is 19.4. The van der Waals surface area contributed by atoms with E-state index in [0.29, 0.717) is 24.9 Å². The monoisotopic (exact) mass is 499 g/mol. The van der Waals surface area contributed by atoms with Crippen LogP contribution in [-0.4, -0.2) is 32.1 Å². The van der Waals surface area contributed by atoms with Gasteiger partial charge in [-0.1, -0.05) is 6.07 Å². The van der Waals surface area contributed by atoms with Crippen LogP contribution in [0.4, 0.5) is 37.7 Å². The van der Waals surface area contributed by atoms with Gasteiger partial charge in [-0.05, 0) is 87.0 Å². The van der Waals surface area contributed by atoms with E-state index < -0.39 is 29.4 Å². The summed E-state index contributed by atoms with van der Waals surface area (Å²) >= 11 is 0. The van der Waals surface area contributed by atoms with Crippen molar-refractivity contribution < 1.29 is 31.1 Å². The summed E-state index contributed by atoms with van der Waals surface area (Å²) < 4.78 is 79.8. The van der Waals surface area contributed by atoms with Crippen LogP contribution < -0.4 is 15.5 Å². The number of carbonyl (C=O) groups is 1. The van der Waals surface area contributed by atoms with Gasteiger partial charge in [0, 0.05) is 30.0 Å². The van der Waals surface area contributed by atoms with Crippen LogP contribution in [0.3, 0.4) is 0 Å². The van der Waals surface area contributed by atoms with E-state index in [0.717, 1.165) is 69.1 Å². The van der Waals surface area contributed by atoms with Crippen molar-refractivity contribution in [3.63, 3.8) is 0 Å². The molecule has 35 heavy (non-hydrogen) atoms. The van der Waals surface area contributed by atoms with Gasteiger partial charge in [-0.3, -0.25) is 4.79 Å². The lowest BCUT2D eigenvalue weighted by Gasteiger charge is -2.39. The predicted octanol–water partition coefficient (Wildman–Crippen LogP) is 6.19. The average Bonchev–Trinajstić information content (AvgIpc) is 2.83. The van der Waals surface area contributed by atoms with Crippen LogP contribution in [0.5, 0.6) is 0 Å². The number of nitrogens with one attached hydrogen (secondary N) is 2. The SMILES string of the molecule is O=C(Nc1cccc(C(F)(F)F)c1)c1cc(N2CCC(C3CCNCC3)CC2)cc(C(F)(F)F)c1. The minimum Gasteiger partial charge on any atom is -0.371 e. The molecule has 0 aromatic heterocycles. The van der Waals surface area contributed by atoms with E-state index in [1.165, 1.54) is 12.1 Å². The fraction of sp³-hybridized carbons (Fsp3) is 0.480. The Morgan fingerprint density at radius 1 is 0.829 bits per heavy atom. The van der Waals surface area contributed by atoms with Crippen LogP contribution in [0.2, 0.25) is 0 Å². The molecule has 4 rings (SSSR count). The second kappa shape index (κ2) is 10.1. The molecule has 2 fully saturated rings. The van der Waals surface area contributed by atoms with Gasteiger partial charge in [0.05, 0.1) is 11.1 Å². The molecule has 2 heterocycles. The zero-order valence-corrected chi connectivity index (χ0v) is 19.0. The molecule has 2 aliphatic rings. The summed E-state index contributed by atoms with van der Waals surface area (Å²) in [6.07, 6.45) is -5.33. The van der Waals surface area contributed by atoms with Gasteiger partial charge in [-0.15, -0.1) is 0 Å². The second-order valence-electron chi connectivity index (χ2n) is 9.21. The molecule has 1 amide bonds. The number of benzene rings is 2. The van der Waals surface area contributed by atoms with Gasteiger partial charge in [0.2, 0.25) is 0 Å². The molecule has 2 aromatic carbocycles. The lowest BCUT2D eigenvalue weighted by Crippen LogP contribution is -2.39. The Labute approximate surface area is 199 Å². The fourth-order valence-electron chi connectivity index (χ4n) is 5.01. The van der Waals surface area contributed by atoms with Crippen LogP contribution in [0.15, 0.2) is 42.5 Å². The number of carbonyl (C=O) groups excluding carboxylic acids is 1. The number of anilines is 2. The molecule has 190 valence electrons. The summed E-state index contributed by atoms with van der Waals surface area (Å²) in [4.78, 5) is 14.6. The number of hydrogen-bond donors (Lipinski definition) is 2. The predicted molar refractivity (Wildman–Crippen MR) is 121 cm³/mol. The summed E-state index contributed by atoms with van der Waals surface area (Å²) in [6, 6.07) is 7.13. The number of piperidine rings is 2. The first-order valence-electron chi connectivity index (χ1n) is 11.7. The minimum absolute atomic E-state index is 0.147. The molecule has 2 aliphatic heterocycles. The second-order valence-corrected chi connectivity index (χ2v) is 9.21. The van der Waals surface area contributed by atoms with Crippen molar-refractivity contribution in [2.45, 2.75) is 38.0 Å². The molecule has 0 bridgehead atoms. The zero-order valence-electron chi connectivity index (χ0n) is 19.0. The van der Waals surface area contributed by atoms with Gasteiger partial charge >= 0.3 is 12.4 Å². The number of alkyl halides is 6. The number of nitrogens with zero attached hydrogens (tertiary/aromatic N) is 1. The van der Waals surface area contributed by atoms with Crippen LogP contribution in [0.25, 0.3) is 0 Å². The highest BCUT2D eigenvalue weighted by molar-refractivity contribution is 6.05. The zero-order chi connectivity index (χ0) is 25.2. The molecule has 4 nitrogen and oxygen atoms in total. The number of halogens is 6. The fourth-order valence-corrected chi connectivity index (χ4v) is 5.01. The molecule has 0 atom stereocenters. The van der Waals surface area contributed by atoms with Crippen molar-refractivity contribution in [2.75, 3.05) is 36.4 Å². The molecule has 0 aliphatic carbocycles. The Bertz CT molecular complexity index is 1040. The third-order valence-electron chi connectivity index (χ3n) is 6.91. The largest absolute Gasteiger partial charge is 0.416 e. The number of rotatable bonds is 4. The highest BCUT2D eigenvalue weighted by Gasteiger charge is 2.34. The van der Waals surface area contributed by atoms with E-state index in [1.54, 1.807) is 0 Å². The average molecular weight is 499 g/mol. The Kier molecular flexibility index (Phi) is 7.30. The molecule has 0 radical (unpaired) electrons. The third-order valence-corrected chi connectivity index (χ3v) is 6.91. The smallest absolute Gasteiger partial charge is 0.371 e. The minimum atomic E-state index is -4.67. The first kappa shape index (κ1) is 25.3. The van der Waals surface area contributed by atoms with Crippen LogP contribution >= 0.6 is 0 Å². The van der Waals surface area contributed by atoms with Gasteiger partial charge < -0.3 is 15.5 Å². The van der Waals surface area contributed by atoms with Gasteiger partial charge in [0.25, 0.3) is 5.91 Å². The van der Waals surface area contributed by atoms with Gasteiger partial charge in [-0.2, -0.15) is 26.3 Å². The number of amides is 1. The lowest BCUT2D eigenvalue weighted by atomic mass is 9.79. The summed E-state index contributed by atoms with van der Waals surface area (Å²) in [6.45, 7) is 3.15. The summed E-state index contributed by atoms with van der Waals surface area (Å²) in [5.74, 6) is 0.248. The van der Waals surface area contributed by atoms with Crippen LogP contribution in [-0.2, 0) is 12.4 Å². The maximum absolute atomic E-state index is 13.6. The van der Waals surface area contributed by atoms with Crippen molar-refractivity contribution >= 4 is 17.3 Å². The normalized spacial score (nSPS) is 18.5. The Morgan fingerprint density at radius 2 is 1.46 bits per heavy atom. The Hall–Kier alpha value is -2.75. The molecule has 0 unspecified atom stereocenters. The maximum Gasteiger partial charge on any atom is 0.416 e. The molecule has 10 heteroatoms. The van der Waals surface area contributed by atoms with E-state index in [2.05, 4.69) is 10.6 Å². The van der Waals surface area contributed by atoms with Crippen molar-refractivity contribution in [2.24, 2.45) is 11.8 Å². The Morgan fingerprint density at radius 3 is 2.09 bits per heavy atom.